The van der Waals surface area contributed by atoms with Gasteiger partial charge in [0.05, 0.1) is 30.3 Å². The van der Waals surface area contributed by atoms with Crippen molar-refractivity contribution in [2.75, 3.05) is 20.3 Å². The zero-order valence-electron chi connectivity index (χ0n) is 12.2. The van der Waals surface area contributed by atoms with E-state index in [1.807, 2.05) is 23.1 Å². The zero-order valence-corrected chi connectivity index (χ0v) is 13.8. The maximum Gasteiger partial charge on any atom is 0.254 e. The van der Waals surface area contributed by atoms with Gasteiger partial charge < -0.3 is 14.4 Å². The molecule has 2 fully saturated rings. The van der Waals surface area contributed by atoms with Gasteiger partial charge in [-0.3, -0.25) is 4.79 Å². The number of carbonyl (C=O) groups excluding carboxylic acids is 1. The van der Waals surface area contributed by atoms with Crippen LogP contribution in [0.15, 0.2) is 22.7 Å². The molecular formula is C16H20BrNO3. The molecule has 4 nitrogen and oxygen atoms in total. The SMILES string of the molecule is COc1ccc(C(=O)N2CCOC3CCCCC32)cc1Br. The Hall–Kier alpha value is -1.07. The van der Waals surface area contributed by atoms with Gasteiger partial charge in [0.1, 0.15) is 5.75 Å². The van der Waals surface area contributed by atoms with E-state index in [1.165, 1.54) is 12.8 Å². The van der Waals surface area contributed by atoms with E-state index in [-0.39, 0.29) is 18.1 Å². The number of benzene rings is 1. The fourth-order valence-corrected chi connectivity index (χ4v) is 3.85. The highest BCUT2D eigenvalue weighted by Gasteiger charge is 2.36. The summed E-state index contributed by atoms with van der Waals surface area (Å²) >= 11 is 3.45. The molecular weight excluding hydrogens is 334 g/mol. The van der Waals surface area contributed by atoms with Crippen LogP contribution in [-0.2, 0) is 4.74 Å². The molecule has 2 unspecified atom stereocenters. The molecule has 0 aromatic heterocycles. The Morgan fingerprint density at radius 2 is 2.19 bits per heavy atom. The zero-order chi connectivity index (χ0) is 14.8. The minimum Gasteiger partial charge on any atom is -0.496 e. The molecule has 1 aromatic rings. The molecule has 1 aromatic carbocycles. The lowest BCUT2D eigenvalue weighted by Crippen LogP contribution is -2.54. The molecule has 1 aliphatic heterocycles. The summed E-state index contributed by atoms with van der Waals surface area (Å²) in [7, 11) is 1.62. The smallest absolute Gasteiger partial charge is 0.254 e. The summed E-state index contributed by atoms with van der Waals surface area (Å²) in [5.74, 6) is 0.836. The molecule has 0 spiro atoms. The fraction of sp³-hybridized carbons (Fsp3) is 0.562. The summed E-state index contributed by atoms with van der Waals surface area (Å²) in [6.07, 6.45) is 4.73. The second-order valence-electron chi connectivity index (χ2n) is 5.61. The largest absolute Gasteiger partial charge is 0.496 e. The van der Waals surface area contributed by atoms with Gasteiger partial charge in [0.15, 0.2) is 0 Å². The van der Waals surface area contributed by atoms with Crippen molar-refractivity contribution in [1.29, 1.82) is 0 Å². The molecule has 5 heteroatoms. The summed E-state index contributed by atoms with van der Waals surface area (Å²) < 4.78 is 11.9. The topological polar surface area (TPSA) is 38.8 Å². The number of carbonyl (C=O) groups is 1. The fourth-order valence-electron chi connectivity index (χ4n) is 3.31. The van der Waals surface area contributed by atoms with Gasteiger partial charge in [-0.05, 0) is 47.0 Å². The summed E-state index contributed by atoms with van der Waals surface area (Å²) in [6.45, 7) is 1.33. The maximum atomic E-state index is 12.8. The quantitative estimate of drug-likeness (QED) is 0.819. The lowest BCUT2D eigenvalue weighted by Gasteiger charge is -2.43. The Kier molecular flexibility index (Phi) is 4.50. The molecule has 1 saturated heterocycles. The van der Waals surface area contributed by atoms with Crippen LogP contribution in [0.5, 0.6) is 5.75 Å². The third kappa shape index (κ3) is 2.94. The van der Waals surface area contributed by atoms with Gasteiger partial charge in [0, 0.05) is 12.1 Å². The van der Waals surface area contributed by atoms with Crippen LogP contribution in [0.2, 0.25) is 0 Å². The van der Waals surface area contributed by atoms with Crippen LogP contribution in [0.3, 0.4) is 0 Å². The number of hydrogen-bond acceptors (Lipinski definition) is 3. The molecule has 1 saturated carbocycles. The maximum absolute atomic E-state index is 12.8. The van der Waals surface area contributed by atoms with Crippen LogP contribution in [-0.4, -0.2) is 43.2 Å². The number of fused-ring (bicyclic) bond motifs is 1. The minimum absolute atomic E-state index is 0.0959. The minimum atomic E-state index is 0.0959. The van der Waals surface area contributed by atoms with Crippen molar-refractivity contribution in [2.24, 2.45) is 0 Å². The Morgan fingerprint density at radius 1 is 1.38 bits per heavy atom. The monoisotopic (exact) mass is 353 g/mol. The number of ether oxygens (including phenoxy) is 2. The van der Waals surface area contributed by atoms with Crippen LogP contribution >= 0.6 is 15.9 Å². The number of methoxy groups -OCH3 is 1. The van der Waals surface area contributed by atoms with Gasteiger partial charge in [-0.2, -0.15) is 0 Å². The number of rotatable bonds is 2. The van der Waals surface area contributed by atoms with Crippen molar-refractivity contribution >= 4 is 21.8 Å². The van der Waals surface area contributed by atoms with Crippen molar-refractivity contribution in [3.05, 3.63) is 28.2 Å². The highest BCUT2D eigenvalue weighted by molar-refractivity contribution is 9.10. The number of morpholine rings is 1. The first kappa shape index (κ1) is 14.9. The average molecular weight is 354 g/mol. The van der Waals surface area contributed by atoms with Gasteiger partial charge in [-0.25, -0.2) is 0 Å². The van der Waals surface area contributed by atoms with Crippen LogP contribution in [0.1, 0.15) is 36.0 Å². The number of nitrogens with zero attached hydrogens (tertiary/aromatic N) is 1. The Labute approximate surface area is 133 Å². The number of halogens is 1. The predicted molar refractivity (Wildman–Crippen MR) is 83.7 cm³/mol. The molecule has 114 valence electrons. The van der Waals surface area contributed by atoms with E-state index in [0.717, 1.165) is 23.1 Å². The third-order valence-electron chi connectivity index (χ3n) is 4.39. The first-order valence-corrected chi connectivity index (χ1v) is 8.26. The van der Waals surface area contributed by atoms with E-state index in [2.05, 4.69) is 15.9 Å². The summed E-state index contributed by atoms with van der Waals surface area (Å²) in [6, 6.07) is 5.74. The standard InChI is InChI=1S/C16H20BrNO3/c1-20-14-7-6-11(10-12(14)17)16(19)18-8-9-21-15-5-3-2-4-13(15)18/h6-7,10,13,15H,2-5,8-9H2,1H3. The first-order chi connectivity index (χ1) is 10.2. The predicted octanol–water partition coefficient (Wildman–Crippen LogP) is 3.24. The van der Waals surface area contributed by atoms with Crippen LogP contribution in [0.25, 0.3) is 0 Å². The van der Waals surface area contributed by atoms with E-state index < -0.39 is 0 Å². The molecule has 0 N–H and O–H groups in total. The summed E-state index contributed by atoms with van der Waals surface area (Å²) in [5, 5.41) is 0. The van der Waals surface area contributed by atoms with Crippen molar-refractivity contribution in [1.82, 2.24) is 4.90 Å². The van der Waals surface area contributed by atoms with Crippen LogP contribution in [0.4, 0.5) is 0 Å². The summed E-state index contributed by atoms with van der Waals surface area (Å²) in [4.78, 5) is 14.8. The highest BCUT2D eigenvalue weighted by Crippen LogP contribution is 2.31. The van der Waals surface area contributed by atoms with Crippen molar-refractivity contribution in [2.45, 2.75) is 37.8 Å². The van der Waals surface area contributed by atoms with E-state index in [0.29, 0.717) is 18.7 Å². The van der Waals surface area contributed by atoms with E-state index >= 15 is 0 Å². The second-order valence-corrected chi connectivity index (χ2v) is 6.46. The van der Waals surface area contributed by atoms with E-state index in [4.69, 9.17) is 9.47 Å². The van der Waals surface area contributed by atoms with Crippen LogP contribution in [0, 0.1) is 0 Å². The van der Waals surface area contributed by atoms with E-state index in [9.17, 15) is 4.79 Å². The highest BCUT2D eigenvalue weighted by atomic mass is 79.9. The Morgan fingerprint density at radius 3 is 2.95 bits per heavy atom. The molecule has 1 aliphatic carbocycles. The normalized spacial score (nSPS) is 25.3. The Balaban J connectivity index is 1.81. The lowest BCUT2D eigenvalue weighted by atomic mass is 9.89. The van der Waals surface area contributed by atoms with Crippen molar-refractivity contribution < 1.29 is 14.3 Å². The van der Waals surface area contributed by atoms with E-state index in [1.54, 1.807) is 7.11 Å². The van der Waals surface area contributed by atoms with Gasteiger partial charge in [0.2, 0.25) is 0 Å². The lowest BCUT2D eigenvalue weighted by molar-refractivity contribution is -0.0752. The number of amides is 1. The molecule has 0 radical (unpaired) electrons. The summed E-state index contributed by atoms with van der Waals surface area (Å²) in [5.41, 5.74) is 0.703. The molecule has 21 heavy (non-hydrogen) atoms. The van der Waals surface area contributed by atoms with Crippen molar-refractivity contribution in [3.8, 4) is 5.75 Å². The van der Waals surface area contributed by atoms with Gasteiger partial charge >= 0.3 is 0 Å². The molecule has 2 aliphatic rings. The molecule has 2 atom stereocenters. The second kappa shape index (κ2) is 6.36. The average Bonchev–Trinajstić information content (AvgIpc) is 2.53. The Bertz CT molecular complexity index is 532. The number of hydrogen-bond donors (Lipinski definition) is 0. The third-order valence-corrected chi connectivity index (χ3v) is 5.01. The molecule has 0 bridgehead atoms. The molecule has 1 heterocycles. The van der Waals surface area contributed by atoms with Gasteiger partial charge in [-0.15, -0.1) is 0 Å². The molecule has 1 amide bonds. The first-order valence-electron chi connectivity index (χ1n) is 7.47. The van der Waals surface area contributed by atoms with Gasteiger partial charge in [0.25, 0.3) is 5.91 Å². The van der Waals surface area contributed by atoms with Crippen LogP contribution < -0.4 is 4.74 Å². The van der Waals surface area contributed by atoms with Crippen molar-refractivity contribution in [3.63, 3.8) is 0 Å². The molecule has 3 rings (SSSR count). The van der Waals surface area contributed by atoms with Gasteiger partial charge in [-0.1, -0.05) is 12.8 Å².